The largest absolute Gasteiger partial charge is 0.494 e. The number of benzene rings is 1. The highest BCUT2D eigenvalue weighted by molar-refractivity contribution is 5.92. The van der Waals surface area contributed by atoms with E-state index in [4.69, 9.17) is 4.74 Å². The minimum Gasteiger partial charge on any atom is -0.494 e. The van der Waals surface area contributed by atoms with Crippen LogP contribution in [0.1, 0.15) is 39.0 Å². The van der Waals surface area contributed by atoms with E-state index in [1.54, 1.807) is 0 Å². The van der Waals surface area contributed by atoms with E-state index in [1.165, 1.54) is 19.3 Å². The number of piperidine rings is 2. The van der Waals surface area contributed by atoms with Crippen molar-refractivity contribution in [2.75, 3.05) is 47.9 Å². The molecule has 1 amide bonds. The lowest BCUT2D eigenvalue weighted by molar-refractivity contribution is -0.120. The number of hydrogen-bond acceptors (Lipinski definition) is 6. The molecule has 3 heterocycles. The lowest BCUT2D eigenvalue weighted by atomic mass is 9.95. The molecule has 0 saturated carbocycles. The number of hydrogen-bond donors (Lipinski definition) is 1. The van der Waals surface area contributed by atoms with Gasteiger partial charge in [0.25, 0.3) is 0 Å². The van der Waals surface area contributed by atoms with Crippen molar-refractivity contribution in [3.8, 4) is 5.75 Å². The Balaban J connectivity index is 1.27. The lowest BCUT2D eigenvalue weighted by Gasteiger charge is -2.33. The molecule has 30 heavy (non-hydrogen) atoms. The van der Waals surface area contributed by atoms with Crippen molar-refractivity contribution in [2.45, 2.75) is 39.0 Å². The summed E-state index contributed by atoms with van der Waals surface area (Å²) in [6.45, 7) is 6.37. The van der Waals surface area contributed by atoms with Gasteiger partial charge in [-0.15, -0.1) is 0 Å². The van der Waals surface area contributed by atoms with Crippen molar-refractivity contribution >= 4 is 23.2 Å². The van der Waals surface area contributed by atoms with Gasteiger partial charge < -0.3 is 19.9 Å². The Morgan fingerprint density at radius 1 is 1.00 bits per heavy atom. The molecule has 1 aromatic carbocycles. The van der Waals surface area contributed by atoms with E-state index in [2.05, 4.69) is 25.1 Å². The SMILES string of the molecule is CCOc1ccc(NC(=O)C2CCN(c3cnc(N4CCCCC4)nc3)CC2)cc1. The molecule has 1 N–H and O–H groups in total. The normalized spacial score (nSPS) is 17.6. The van der Waals surface area contributed by atoms with Crippen LogP contribution in [0.3, 0.4) is 0 Å². The molecule has 4 rings (SSSR count). The Hall–Kier alpha value is -2.83. The van der Waals surface area contributed by atoms with Gasteiger partial charge in [-0.2, -0.15) is 0 Å². The van der Waals surface area contributed by atoms with Gasteiger partial charge in [0.2, 0.25) is 11.9 Å². The van der Waals surface area contributed by atoms with E-state index in [1.807, 2.05) is 43.6 Å². The van der Waals surface area contributed by atoms with Crippen LogP contribution in [-0.4, -0.2) is 48.7 Å². The van der Waals surface area contributed by atoms with Gasteiger partial charge in [-0.3, -0.25) is 4.79 Å². The van der Waals surface area contributed by atoms with Crippen molar-refractivity contribution in [3.05, 3.63) is 36.7 Å². The first-order chi connectivity index (χ1) is 14.7. The highest BCUT2D eigenvalue weighted by atomic mass is 16.5. The van der Waals surface area contributed by atoms with Gasteiger partial charge in [0.15, 0.2) is 0 Å². The van der Waals surface area contributed by atoms with E-state index in [9.17, 15) is 4.79 Å². The molecule has 1 aromatic heterocycles. The molecular formula is C23H31N5O2. The lowest BCUT2D eigenvalue weighted by Crippen LogP contribution is -2.38. The van der Waals surface area contributed by atoms with Crippen LogP contribution in [0.2, 0.25) is 0 Å². The second-order valence-corrected chi connectivity index (χ2v) is 8.00. The molecule has 2 aliphatic rings. The molecule has 2 aromatic rings. The quantitative estimate of drug-likeness (QED) is 0.784. The summed E-state index contributed by atoms with van der Waals surface area (Å²) in [4.78, 5) is 26.4. The zero-order chi connectivity index (χ0) is 20.8. The smallest absolute Gasteiger partial charge is 0.227 e. The van der Waals surface area contributed by atoms with E-state index in [0.717, 1.165) is 62.1 Å². The third-order valence-corrected chi connectivity index (χ3v) is 5.93. The molecule has 2 fully saturated rings. The van der Waals surface area contributed by atoms with Crippen LogP contribution in [0.15, 0.2) is 36.7 Å². The van der Waals surface area contributed by atoms with E-state index in [0.29, 0.717) is 6.61 Å². The van der Waals surface area contributed by atoms with Crippen LogP contribution in [0.25, 0.3) is 0 Å². The molecule has 0 atom stereocenters. The van der Waals surface area contributed by atoms with Crippen molar-refractivity contribution < 1.29 is 9.53 Å². The van der Waals surface area contributed by atoms with Gasteiger partial charge in [-0.1, -0.05) is 0 Å². The van der Waals surface area contributed by atoms with Crippen molar-refractivity contribution in [2.24, 2.45) is 5.92 Å². The van der Waals surface area contributed by atoms with Crippen LogP contribution in [0, 0.1) is 5.92 Å². The first-order valence-electron chi connectivity index (χ1n) is 11.1. The molecule has 0 aliphatic carbocycles. The maximum atomic E-state index is 12.6. The Labute approximate surface area is 178 Å². The molecule has 160 valence electrons. The topological polar surface area (TPSA) is 70.6 Å². The fraction of sp³-hybridized carbons (Fsp3) is 0.522. The third kappa shape index (κ3) is 5.01. The first-order valence-corrected chi connectivity index (χ1v) is 11.1. The summed E-state index contributed by atoms with van der Waals surface area (Å²) in [6.07, 6.45) is 9.26. The van der Waals surface area contributed by atoms with Gasteiger partial charge >= 0.3 is 0 Å². The predicted octanol–water partition coefficient (Wildman–Crippen LogP) is 3.72. The summed E-state index contributed by atoms with van der Waals surface area (Å²) >= 11 is 0. The fourth-order valence-corrected chi connectivity index (χ4v) is 4.18. The average Bonchev–Trinajstić information content (AvgIpc) is 2.81. The maximum absolute atomic E-state index is 12.6. The highest BCUT2D eigenvalue weighted by Gasteiger charge is 2.25. The van der Waals surface area contributed by atoms with E-state index in [-0.39, 0.29) is 11.8 Å². The summed E-state index contributed by atoms with van der Waals surface area (Å²) in [6, 6.07) is 7.54. The Kier molecular flexibility index (Phi) is 6.67. The summed E-state index contributed by atoms with van der Waals surface area (Å²) < 4.78 is 5.45. The van der Waals surface area contributed by atoms with Gasteiger partial charge in [-0.05, 0) is 63.3 Å². The summed E-state index contributed by atoms with van der Waals surface area (Å²) in [5.41, 5.74) is 1.86. The number of rotatable bonds is 6. The van der Waals surface area contributed by atoms with Gasteiger partial charge in [-0.25, -0.2) is 9.97 Å². The molecular weight excluding hydrogens is 378 g/mol. The number of carbonyl (C=O) groups is 1. The number of anilines is 3. The minimum atomic E-state index is 0.0290. The zero-order valence-electron chi connectivity index (χ0n) is 17.7. The number of ether oxygens (including phenoxy) is 1. The number of nitrogens with one attached hydrogen (secondary N) is 1. The molecule has 2 aliphatic heterocycles. The summed E-state index contributed by atoms with van der Waals surface area (Å²) in [5, 5.41) is 3.04. The molecule has 0 unspecified atom stereocenters. The van der Waals surface area contributed by atoms with Gasteiger partial charge in [0.1, 0.15) is 5.75 Å². The van der Waals surface area contributed by atoms with Crippen LogP contribution in [0.5, 0.6) is 5.75 Å². The second kappa shape index (κ2) is 9.78. The molecule has 2 saturated heterocycles. The Morgan fingerprint density at radius 3 is 2.30 bits per heavy atom. The third-order valence-electron chi connectivity index (χ3n) is 5.93. The molecule has 7 nitrogen and oxygen atoms in total. The highest BCUT2D eigenvalue weighted by Crippen LogP contribution is 2.25. The van der Waals surface area contributed by atoms with E-state index < -0.39 is 0 Å². The number of amides is 1. The predicted molar refractivity (Wildman–Crippen MR) is 119 cm³/mol. The average molecular weight is 410 g/mol. The maximum Gasteiger partial charge on any atom is 0.227 e. The summed E-state index contributed by atoms with van der Waals surface area (Å²) in [5.74, 6) is 1.78. The van der Waals surface area contributed by atoms with Crippen LogP contribution >= 0.6 is 0 Å². The van der Waals surface area contributed by atoms with E-state index >= 15 is 0 Å². The number of carbonyl (C=O) groups excluding carboxylic acids is 1. The monoisotopic (exact) mass is 409 g/mol. The second-order valence-electron chi connectivity index (χ2n) is 8.00. The minimum absolute atomic E-state index is 0.0290. The number of aromatic nitrogens is 2. The zero-order valence-corrected chi connectivity index (χ0v) is 17.7. The van der Waals surface area contributed by atoms with Gasteiger partial charge in [0, 0.05) is 37.8 Å². The summed E-state index contributed by atoms with van der Waals surface area (Å²) in [7, 11) is 0. The van der Waals surface area contributed by atoms with Crippen LogP contribution in [0.4, 0.5) is 17.3 Å². The van der Waals surface area contributed by atoms with Crippen molar-refractivity contribution in [3.63, 3.8) is 0 Å². The standard InChI is InChI=1S/C23H31N5O2/c1-2-30-21-8-6-19(7-9-21)26-22(29)18-10-14-27(15-11-18)20-16-24-23(25-17-20)28-12-4-3-5-13-28/h6-9,16-18H,2-5,10-15H2,1H3,(H,26,29). The Bertz CT molecular complexity index is 810. The van der Waals surface area contributed by atoms with Crippen molar-refractivity contribution in [1.29, 1.82) is 0 Å². The fourth-order valence-electron chi connectivity index (χ4n) is 4.18. The van der Waals surface area contributed by atoms with Crippen molar-refractivity contribution in [1.82, 2.24) is 9.97 Å². The molecule has 0 radical (unpaired) electrons. The molecule has 0 bridgehead atoms. The number of nitrogens with zero attached hydrogens (tertiary/aromatic N) is 4. The Morgan fingerprint density at radius 2 is 1.67 bits per heavy atom. The van der Waals surface area contributed by atoms with Crippen LogP contribution < -0.4 is 19.9 Å². The molecule has 0 spiro atoms. The van der Waals surface area contributed by atoms with Gasteiger partial charge in [0.05, 0.1) is 24.7 Å². The van der Waals surface area contributed by atoms with Crippen LogP contribution in [-0.2, 0) is 4.79 Å². The first kappa shape index (κ1) is 20.4. The molecule has 7 heteroatoms.